The van der Waals surface area contributed by atoms with Crippen molar-refractivity contribution in [2.75, 3.05) is 18.1 Å². The summed E-state index contributed by atoms with van der Waals surface area (Å²) in [5, 5.41) is 24.7. The number of nitrogens with two attached hydrogens (primary N) is 1. The molecule has 1 aromatic carbocycles. The molecule has 2 aromatic heterocycles. The Bertz CT molecular complexity index is 983. The lowest BCUT2D eigenvalue weighted by molar-refractivity contribution is 0.477. The van der Waals surface area contributed by atoms with Crippen LogP contribution in [0.25, 0.3) is 16.5 Å². The van der Waals surface area contributed by atoms with Crippen LogP contribution in [0.3, 0.4) is 0 Å². The molecular formula is C19H20N6O. The molecule has 0 atom stereocenters. The number of nitrogens with one attached hydrogen (secondary N) is 3. The molecule has 0 aliphatic heterocycles. The lowest BCUT2D eigenvalue weighted by atomic mass is 10.1. The van der Waals surface area contributed by atoms with Crippen molar-refractivity contribution in [3.05, 3.63) is 60.1 Å². The first-order valence-corrected chi connectivity index (χ1v) is 8.07. The average Bonchev–Trinajstić information content (AvgIpc) is 2.67. The first-order valence-electron chi connectivity index (χ1n) is 8.07. The van der Waals surface area contributed by atoms with Gasteiger partial charge in [0.25, 0.3) is 0 Å². The van der Waals surface area contributed by atoms with Gasteiger partial charge >= 0.3 is 0 Å². The molecule has 3 rings (SSSR count). The van der Waals surface area contributed by atoms with E-state index in [9.17, 15) is 5.11 Å². The quantitative estimate of drug-likeness (QED) is 0.437. The van der Waals surface area contributed by atoms with Crippen molar-refractivity contribution in [1.82, 2.24) is 15.3 Å². The first-order chi connectivity index (χ1) is 12.6. The fourth-order valence-electron chi connectivity index (χ4n) is 2.59. The maximum atomic E-state index is 10.1. The van der Waals surface area contributed by atoms with Gasteiger partial charge in [0, 0.05) is 49.2 Å². The van der Waals surface area contributed by atoms with Gasteiger partial charge in [-0.3, -0.25) is 4.98 Å². The number of hydrogen-bond acceptors (Lipinski definition) is 7. The summed E-state index contributed by atoms with van der Waals surface area (Å²) in [6.45, 7) is 0.487. The van der Waals surface area contributed by atoms with Crippen LogP contribution in [0.4, 0.5) is 11.5 Å². The zero-order valence-electron chi connectivity index (χ0n) is 14.3. The molecule has 0 amide bonds. The molecule has 0 aliphatic rings. The van der Waals surface area contributed by atoms with E-state index < -0.39 is 0 Å². The summed E-state index contributed by atoms with van der Waals surface area (Å²) in [5.74, 6) is 0.291. The van der Waals surface area contributed by atoms with Crippen LogP contribution in [0.5, 0.6) is 5.75 Å². The van der Waals surface area contributed by atoms with Gasteiger partial charge in [-0.15, -0.1) is 0 Å². The molecule has 0 saturated carbocycles. The summed E-state index contributed by atoms with van der Waals surface area (Å²) >= 11 is 0. The highest BCUT2D eigenvalue weighted by atomic mass is 16.3. The van der Waals surface area contributed by atoms with Gasteiger partial charge in [-0.2, -0.15) is 0 Å². The van der Waals surface area contributed by atoms with Gasteiger partial charge in [0.15, 0.2) is 5.82 Å². The highest BCUT2D eigenvalue weighted by molar-refractivity contribution is 6.07. The molecule has 0 bridgehead atoms. The molecule has 7 nitrogen and oxygen atoms in total. The first kappa shape index (κ1) is 17.2. The van der Waals surface area contributed by atoms with Gasteiger partial charge in [0.1, 0.15) is 11.4 Å². The van der Waals surface area contributed by atoms with Gasteiger partial charge in [0.2, 0.25) is 0 Å². The number of rotatable bonds is 6. The highest BCUT2D eigenvalue weighted by Gasteiger charge is 2.11. The number of nitrogens with zero attached hydrogens (tertiary/aromatic N) is 2. The minimum Gasteiger partial charge on any atom is -0.506 e. The van der Waals surface area contributed by atoms with Crippen molar-refractivity contribution in [3.63, 3.8) is 0 Å². The Kier molecular flexibility index (Phi) is 4.98. The van der Waals surface area contributed by atoms with Crippen molar-refractivity contribution in [2.24, 2.45) is 0 Å². The van der Waals surface area contributed by atoms with Gasteiger partial charge in [0.05, 0.1) is 11.2 Å². The SMILES string of the molecule is CN/C=C(\C=N)c1cc(O)c(N)c(NCc2ccc3ncccc3c2)n1. The lowest BCUT2D eigenvalue weighted by Gasteiger charge is -2.12. The van der Waals surface area contributed by atoms with Crippen LogP contribution >= 0.6 is 0 Å². The van der Waals surface area contributed by atoms with Gasteiger partial charge in [-0.05, 0) is 23.8 Å². The number of anilines is 2. The van der Waals surface area contributed by atoms with Crippen LogP contribution in [0.15, 0.2) is 48.8 Å². The highest BCUT2D eigenvalue weighted by Crippen LogP contribution is 2.30. The fourth-order valence-corrected chi connectivity index (χ4v) is 2.59. The van der Waals surface area contributed by atoms with Gasteiger partial charge in [-0.1, -0.05) is 12.1 Å². The third-order valence-corrected chi connectivity index (χ3v) is 3.92. The zero-order valence-corrected chi connectivity index (χ0v) is 14.3. The second-order valence-electron chi connectivity index (χ2n) is 5.71. The predicted molar refractivity (Wildman–Crippen MR) is 105 cm³/mol. The van der Waals surface area contributed by atoms with Crippen LogP contribution in [0.1, 0.15) is 11.3 Å². The molecular weight excluding hydrogens is 328 g/mol. The molecule has 0 aliphatic carbocycles. The monoisotopic (exact) mass is 348 g/mol. The fraction of sp³-hybridized carbons (Fsp3) is 0.105. The van der Waals surface area contributed by atoms with Crippen molar-refractivity contribution in [3.8, 4) is 5.75 Å². The van der Waals surface area contributed by atoms with Crippen molar-refractivity contribution >= 4 is 34.2 Å². The molecule has 132 valence electrons. The van der Waals surface area contributed by atoms with Crippen LogP contribution in [0, 0.1) is 5.41 Å². The van der Waals surface area contributed by atoms with E-state index in [1.807, 2.05) is 30.3 Å². The Morgan fingerprint density at radius 3 is 2.92 bits per heavy atom. The van der Waals surface area contributed by atoms with Gasteiger partial charge in [-0.25, -0.2) is 4.98 Å². The smallest absolute Gasteiger partial charge is 0.154 e. The molecule has 0 spiro atoms. The average molecular weight is 348 g/mol. The number of nitrogen functional groups attached to an aromatic ring is 1. The number of aromatic nitrogens is 2. The Balaban J connectivity index is 1.87. The second-order valence-corrected chi connectivity index (χ2v) is 5.71. The number of aromatic hydroxyl groups is 1. The zero-order chi connectivity index (χ0) is 18.5. The Labute approximate surface area is 151 Å². The van der Waals surface area contributed by atoms with Crippen molar-refractivity contribution in [2.45, 2.75) is 6.54 Å². The topological polar surface area (TPSA) is 120 Å². The summed E-state index contributed by atoms with van der Waals surface area (Å²) in [5.41, 5.74) is 9.06. The van der Waals surface area contributed by atoms with E-state index in [-0.39, 0.29) is 11.4 Å². The van der Waals surface area contributed by atoms with Crippen LogP contribution in [-0.2, 0) is 6.54 Å². The van der Waals surface area contributed by atoms with Crippen molar-refractivity contribution in [1.29, 1.82) is 5.41 Å². The molecule has 0 unspecified atom stereocenters. The van der Waals surface area contributed by atoms with Crippen LogP contribution < -0.4 is 16.4 Å². The summed E-state index contributed by atoms with van der Waals surface area (Å²) < 4.78 is 0. The van der Waals surface area contributed by atoms with Gasteiger partial charge < -0.3 is 26.9 Å². The molecule has 3 aromatic rings. The summed E-state index contributed by atoms with van der Waals surface area (Å²) in [6.07, 6.45) is 4.55. The lowest BCUT2D eigenvalue weighted by Crippen LogP contribution is -2.07. The minimum absolute atomic E-state index is 0.0796. The van der Waals surface area contributed by atoms with Crippen molar-refractivity contribution < 1.29 is 5.11 Å². The van der Waals surface area contributed by atoms with E-state index in [0.717, 1.165) is 22.7 Å². The Morgan fingerprint density at radius 1 is 1.31 bits per heavy atom. The van der Waals surface area contributed by atoms with E-state index in [1.165, 1.54) is 6.07 Å². The maximum Gasteiger partial charge on any atom is 0.154 e. The third-order valence-electron chi connectivity index (χ3n) is 3.92. The molecule has 0 fully saturated rings. The van der Waals surface area contributed by atoms with E-state index in [1.54, 1.807) is 19.4 Å². The molecule has 2 heterocycles. The number of fused-ring (bicyclic) bond motifs is 1. The third kappa shape index (κ3) is 3.56. The minimum atomic E-state index is -0.0796. The number of allylic oxidation sites excluding steroid dienone is 1. The molecule has 7 heteroatoms. The number of pyridine rings is 2. The second kappa shape index (κ2) is 7.52. The number of benzene rings is 1. The van der Waals surface area contributed by atoms with E-state index in [0.29, 0.717) is 23.6 Å². The molecule has 6 N–H and O–H groups in total. The maximum absolute atomic E-state index is 10.1. The summed E-state index contributed by atoms with van der Waals surface area (Å²) in [6, 6.07) is 11.3. The molecule has 0 saturated heterocycles. The number of hydrogen-bond donors (Lipinski definition) is 5. The molecule has 0 radical (unpaired) electrons. The Morgan fingerprint density at radius 2 is 2.15 bits per heavy atom. The van der Waals surface area contributed by atoms with E-state index in [4.69, 9.17) is 11.1 Å². The van der Waals surface area contributed by atoms with Crippen LogP contribution in [-0.4, -0.2) is 28.3 Å². The standard InChI is InChI=1S/C19H20N6O/c1-22-11-14(9-20)16-8-17(26)18(21)19(25-16)24-10-12-4-5-15-13(7-12)3-2-6-23-15/h2-9,11,20,22H,10,21H2,1H3,(H2,24,25,26)/b14-11+,20-9?. The molecule has 26 heavy (non-hydrogen) atoms. The Hall–Kier alpha value is -3.61. The van der Waals surface area contributed by atoms with Crippen LogP contribution in [0.2, 0.25) is 0 Å². The summed E-state index contributed by atoms with van der Waals surface area (Å²) in [7, 11) is 1.73. The summed E-state index contributed by atoms with van der Waals surface area (Å²) in [4.78, 5) is 8.74. The van der Waals surface area contributed by atoms with E-state index >= 15 is 0 Å². The largest absolute Gasteiger partial charge is 0.506 e. The predicted octanol–water partition coefficient (Wildman–Crippen LogP) is 2.74. The van der Waals surface area contributed by atoms with E-state index in [2.05, 4.69) is 20.6 Å². The normalized spacial score (nSPS) is 11.3.